The number of unbranched alkanes of at least 4 members (excludes halogenated alkanes) is 1. The molecule has 2 fully saturated rings. The molecule has 0 unspecified atom stereocenters. The van der Waals surface area contributed by atoms with E-state index in [0.29, 0.717) is 86.7 Å². The maximum absolute atomic E-state index is 13.5. The highest BCUT2D eigenvalue weighted by Gasteiger charge is 2.29. The lowest BCUT2D eigenvalue weighted by molar-refractivity contribution is 0.0499. The SMILES string of the molecule is C1CCOC1.CCCCOC(=O)c1ccc(Nc2nc(N)c3c(-c4ccncc4)c[nH]c3n2)cc1.Cc1ccc(S(=O)(=O)n2cc(-c3ccncc3)c3c(NC4CC4)nc(Cl)nc32)cc1.NC(=O)c1ccc(N)cc1.Nc1nc(Nc2ccc(C(=O)O)cc2)nc2[nH]cc(-c3ccncc3)c12. The molecule has 9 aromatic heterocycles. The van der Waals surface area contributed by atoms with Crippen molar-refractivity contribution in [1.82, 2.24) is 58.8 Å². The van der Waals surface area contributed by atoms with Crippen LogP contribution in [0.15, 0.2) is 194 Å². The molecule has 0 radical (unpaired) electrons. The van der Waals surface area contributed by atoms with Crippen molar-refractivity contribution >= 4 is 119 Å². The molecule has 1 aliphatic heterocycles. The van der Waals surface area contributed by atoms with Gasteiger partial charge in [0.1, 0.15) is 28.7 Å². The van der Waals surface area contributed by atoms with Crippen molar-refractivity contribution in [3.8, 4) is 33.4 Å². The Labute approximate surface area is 584 Å². The predicted molar refractivity (Wildman–Crippen MR) is 390 cm³/mol. The number of aromatic amines is 2. The normalized spacial score (nSPS) is 12.3. The number of aryl methyl sites for hydroxylation is 1. The Morgan fingerprint density at radius 1 is 0.624 bits per heavy atom. The lowest BCUT2D eigenvalue weighted by Crippen LogP contribution is -2.13. The Morgan fingerprint density at radius 2 is 1.11 bits per heavy atom. The van der Waals surface area contributed by atoms with Gasteiger partial charge in [-0.25, -0.2) is 27.0 Å². The first kappa shape index (κ1) is 69.9. The van der Waals surface area contributed by atoms with Crippen molar-refractivity contribution < 1.29 is 37.4 Å². The van der Waals surface area contributed by atoms with Gasteiger partial charge in [0.25, 0.3) is 10.0 Å². The number of fused-ring (bicyclic) bond motifs is 3. The highest BCUT2D eigenvalue weighted by atomic mass is 35.5. The molecule has 0 bridgehead atoms. The van der Waals surface area contributed by atoms with Crippen LogP contribution in [0.5, 0.6) is 0 Å². The number of primary amides is 1. The van der Waals surface area contributed by atoms with Crippen molar-refractivity contribution in [2.24, 2.45) is 5.73 Å². The summed E-state index contributed by atoms with van der Waals surface area (Å²) < 4.78 is 38.3. The zero-order valence-electron chi connectivity index (χ0n) is 54.7. The monoisotopic (exact) mass is 1400 g/mol. The van der Waals surface area contributed by atoms with Crippen LogP contribution in [0.4, 0.5) is 46.4 Å². The largest absolute Gasteiger partial charge is 0.478 e. The number of halogens is 1. The number of nitrogens with zero attached hydrogens (tertiary/aromatic N) is 10. The van der Waals surface area contributed by atoms with E-state index >= 15 is 0 Å². The van der Waals surface area contributed by atoms with Crippen molar-refractivity contribution in [3.63, 3.8) is 0 Å². The second kappa shape index (κ2) is 32.3. The summed E-state index contributed by atoms with van der Waals surface area (Å²) in [5.41, 5.74) is 33.7. The molecule has 29 heteroatoms. The van der Waals surface area contributed by atoms with Crippen LogP contribution < -0.4 is 38.9 Å². The number of carbonyl (C=O) groups is 3. The highest BCUT2D eigenvalue weighted by Crippen LogP contribution is 2.39. The van der Waals surface area contributed by atoms with E-state index < -0.39 is 21.9 Å². The zero-order chi connectivity index (χ0) is 71.0. The summed E-state index contributed by atoms with van der Waals surface area (Å²) in [4.78, 5) is 78.3. The van der Waals surface area contributed by atoms with E-state index in [1.165, 1.54) is 28.9 Å². The molecule has 15 rings (SSSR count). The molecule has 0 spiro atoms. The summed E-state index contributed by atoms with van der Waals surface area (Å²) in [5, 5.41) is 20.6. The molecule has 1 aliphatic carbocycles. The standard InChI is InChI=1S/C22H22N6O2.C21H18ClN5O2S.C18H14N6O2.C7H8N2O.C4H8O/c1-2-3-12-30-21(29)15-4-6-16(7-5-15)26-22-27-19(23)18-17(13-25-20(18)28-22)14-8-10-24-11-9-14;1-13-2-6-16(7-3-13)30(28,29)27-12-17(14-8-10-23-11-9-14)18-19(24-15-4-5-15)25-21(22)26-20(18)27;19-15-14-13(10-5-7-20-8-6-10)9-21-16(14)24-18(23-15)22-12-3-1-11(2-4-12)17(25)26;8-6-3-1-5(2-4-6)7(9)10;1-2-4-5-3-1/h4-11,13H,2-3,12H2,1H3,(H4,23,25,26,27,28);2-3,6-12,15H,4-5H2,1H3,(H,24,25,26);1-9H,(H,25,26)(H4,19,21,22,23,24);1-4H,8H2,(H2,9,10);1-4H2. The van der Waals surface area contributed by atoms with E-state index in [-0.39, 0.29) is 27.4 Å². The number of ether oxygens (including phenoxy) is 2. The molecule has 1 saturated heterocycles. The fraction of sp³-hybridized carbons (Fsp3) is 0.167. The highest BCUT2D eigenvalue weighted by molar-refractivity contribution is 7.90. The first-order valence-electron chi connectivity index (χ1n) is 32.0. The number of nitrogens with one attached hydrogen (secondary N) is 5. The number of H-pyrrole nitrogens is 2. The number of nitrogen functional groups attached to an aromatic ring is 3. The van der Waals surface area contributed by atoms with Gasteiger partial charge in [-0.05, 0) is 189 Å². The Morgan fingerprint density at radius 3 is 1.56 bits per heavy atom. The van der Waals surface area contributed by atoms with E-state index in [9.17, 15) is 22.8 Å². The minimum atomic E-state index is -3.89. The first-order chi connectivity index (χ1) is 48.9. The van der Waals surface area contributed by atoms with E-state index in [1.54, 1.807) is 128 Å². The fourth-order valence-electron chi connectivity index (χ4n) is 10.3. The van der Waals surface area contributed by atoms with Gasteiger partial charge in [0, 0.05) is 114 Å². The number of carbonyl (C=O) groups excluding carboxylic acids is 2. The van der Waals surface area contributed by atoms with E-state index in [0.717, 1.165) is 88.7 Å². The van der Waals surface area contributed by atoms with Crippen LogP contribution in [0.3, 0.4) is 0 Å². The predicted octanol–water partition coefficient (Wildman–Crippen LogP) is 12.8. The third-order valence-electron chi connectivity index (χ3n) is 15.7. The third kappa shape index (κ3) is 17.7. The Bertz CT molecular complexity index is 5120. The average molecular weight is 1400 g/mol. The number of amides is 1. The van der Waals surface area contributed by atoms with Gasteiger partial charge in [-0.1, -0.05) is 31.0 Å². The average Bonchev–Trinajstić information content (AvgIpc) is 1.60. The molecule has 1 saturated carbocycles. The van der Waals surface area contributed by atoms with Crippen LogP contribution in [-0.2, 0) is 19.5 Å². The number of rotatable bonds is 17. The molecule has 2 aliphatic rings. The fourth-order valence-corrected chi connectivity index (χ4v) is 11.8. The number of pyridine rings is 3. The summed E-state index contributed by atoms with van der Waals surface area (Å²) in [7, 11) is -3.89. The molecular weight excluding hydrogens is 1330 g/mol. The number of aromatic nitrogens is 12. The van der Waals surface area contributed by atoms with Gasteiger partial charge in [0.15, 0.2) is 5.65 Å². The zero-order valence-corrected chi connectivity index (χ0v) is 56.3. The van der Waals surface area contributed by atoms with E-state index in [2.05, 4.69) is 70.8 Å². The minimum Gasteiger partial charge on any atom is -0.478 e. The van der Waals surface area contributed by atoms with Crippen LogP contribution in [-0.4, -0.2) is 116 Å². The number of hydrogen-bond acceptors (Lipinski definition) is 22. The number of carboxylic acids is 1. The third-order valence-corrected chi connectivity index (χ3v) is 17.5. The molecule has 4 aromatic carbocycles. The summed E-state index contributed by atoms with van der Waals surface area (Å²) in [6.07, 6.45) is 21.9. The van der Waals surface area contributed by atoms with Gasteiger partial charge in [-0.2, -0.15) is 24.9 Å². The smallest absolute Gasteiger partial charge is 0.338 e. The Balaban J connectivity index is 0.000000138. The first-order valence-corrected chi connectivity index (χ1v) is 33.8. The molecule has 1 amide bonds. The van der Waals surface area contributed by atoms with Crippen molar-refractivity contribution in [1.29, 1.82) is 0 Å². The number of aromatic carboxylic acids is 1. The van der Waals surface area contributed by atoms with Gasteiger partial charge < -0.3 is 63.4 Å². The van der Waals surface area contributed by atoms with Crippen LogP contribution >= 0.6 is 11.6 Å². The number of carboxylic acid groups (broad SMARTS) is 1. The van der Waals surface area contributed by atoms with Crippen LogP contribution in [0.1, 0.15) is 82.1 Å². The van der Waals surface area contributed by atoms with Gasteiger partial charge in [0.2, 0.25) is 23.1 Å². The number of anilines is 8. The van der Waals surface area contributed by atoms with Crippen molar-refractivity contribution in [3.05, 3.63) is 217 Å². The van der Waals surface area contributed by atoms with Crippen molar-refractivity contribution in [2.75, 3.05) is 53.0 Å². The Kier molecular flexibility index (Phi) is 22.4. The molecule has 13 aromatic rings. The van der Waals surface area contributed by atoms with Gasteiger partial charge in [-0.15, -0.1) is 0 Å². The second-order valence-electron chi connectivity index (χ2n) is 23.0. The molecule has 27 nitrogen and oxygen atoms in total. The molecule has 0 atom stereocenters. The van der Waals surface area contributed by atoms with Gasteiger partial charge in [0.05, 0.1) is 38.8 Å². The number of nitrogens with two attached hydrogens (primary N) is 4. The quantitative estimate of drug-likeness (QED) is 0.0175. The maximum Gasteiger partial charge on any atom is 0.338 e. The summed E-state index contributed by atoms with van der Waals surface area (Å²) >= 11 is 6.19. The van der Waals surface area contributed by atoms with Crippen molar-refractivity contribution in [2.45, 2.75) is 63.3 Å². The number of benzene rings is 4. The van der Waals surface area contributed by atoms with Crippen LogP contribution in [0.2, 0.25) is 5.28 Å². The van der Waals surface area contributed by atoms with Crippen LogP contribution in [0, 0.1) is 6.92 Å². The minimum absolute atomic E-state index is 0.00890. The second-order valence-corrected chi connectivity index (χ2v) is 25.2. The number of esters is 1. The maximum atomic E-state index is 13.5. The lowest BCUT2D eigenvalue weighted by atomic mass is 10.1. The number of hydrogen-bond donors (Lipinski definition) is 10. The lowest BCUT2D eigenvalue weighted by Gasteiger charge is -2.09. The topological polar surface area (TPSA) is 417 Å². The Hall–Kier alpha value is -12.4. The molecule has 514 valence electrons. The molecule has 101 heavy (non-hydrogen) atoms. The molecular formula is C72H70ClN19O8S. The van der Waals surface area contributed by atoms with E-state index in [4.69, 9.17) is 49.1 Å². The summed E-state index contributed by atoms with van der Waals surface area (Å²) in [6, 6.07) is 38.0. The van der Waals surface area contributed by atoms with E-state index in [1.807, 2.05) is 62.6 Å². The summed E-state index contributed by atoms with van der Waals surface area (Å²) in [5.74, 6) is 0.194. The molecule has 10 heterocycles. The van der Waals surface area contributed by atoms with Gasteiger partial charge in [-0.3, -0.25) is 19.7 Å². The molecule has 14 N–H and O–H groups in total. The van der Waals surface area contributed by atoms with Crippen LogP contribution in [0.25, 0.3) is 66.5 Å². The summed E-state index contributed by atoms with van der Waals surface area (Å²) in [6.45, 7) is 6.39. The van der Waals surface area contributed by atoms with Gasteiger partial charge >= 0.3 is 11.9 Å².